The Morgan fingerprint density at radius 3 is 2.95 bits per heavy atom. The molecule has 1 aliphatic rings. The van der Waals surface area contributed by atoms with E-state index in [-0.39, 0.29) is 6.61 Å². The van der Waals surface area contributed by atoms with Gasteiger partial charge < -0.3 is 24.8 Å². The summed E-state index contributed by atoms with van der Waals surface area (Å²) in [6, 6.07) is 2.71. The van der Waals surface area contributed by atoms with E-state index >= 15 is 0 Å². The molecule has 0 fully saturated rings. The number of hydrogen-bond acceptors (Lipinski definition) is 5. The molecule has 0 saturated heterocycles. The highest BCUT2D eigenvalue weighted by molar-refractivity contribution is 6.62. The third-order valence-corrected chi connectivity index (χ3v) is 2.93. The van der Waals surface area contributed by atoms with E-state index < -0.39 is 25.1 Å². The molecule has 0 aromatic heterocycles. The lowest BCUT2D eigenvalue weighted by Crippen LogP contribution is -2.31. The number of likely N-dealkylation sites (N-methyl/N-ethyl adjacent to an activating group) is 1. The minimum absolute atomic E-state index is 0.0709. The highest BCUT2D eigenvalue weighted by atomic mass is 19.1. The van der Waals surface area contributed by atoms with Crippen LogP contribution in [0.3, 0.4) is 0 Å². The molecule has 3 N–H and O–H groups in total. The maximum Gasteiger partial charge on any atom is 0.495 e. The molecule has 1 heterocycles. The highest BCUT2D eigenvalue weighted by Gasteiger charge is 2.40. The van der Waals surface area contributed by atoms with Gasteiger partial charge >= 0.3 is 7.12 Å². The molecule has 5 nitrogen and oxygen atoms in total. The Hall–Kier alpha value is -1.15. The summed E-state index contributed by atoms with van der Waals surface area (Å²) in [5.41, 5.74) is 0.617. The Labute approximate surface area is 111 Å². The van der Waals surface area contributed by atoms with Crippen molar-refractivity contribution in [2.45, 2.75) is 19.1 Å². The van der Waals surface area contributed by atoms with Gasteiger partial charge in [0.1, 0.15) is 18.2 Å². The summed E-state index contributed by atoms with van der Waals surface area (Å²) in [6.45, 7) is 2.04. The smallest absolute Gasteiger partial charge is 0.491 e. The van der Waals surface area contributed by atoms with Gasteiger partial charge in [-0.05, 0) is 26.1 Å². The van der Waals surface area contributed by atoms with Crippen LogP contribution in [0.25, 0.3) is 0 Å². The van der Waals surface area contributed by atoms with Crippen molar-refractivity contribution in [2.75, 3.05) is 20.2 Å². The number of aliphatic hydroxyl groups excluding tert-OH is 1. The van der Waals surface area contributed by atoms with Gasteiger partial charge in [-0.3, -0.25) is 0 Å². The van der Waals surface area contributed by atoms with Crippen LogP contribution in [0.5, 0.6) is 5.75 Å². The number of benzene rings is 1. The molecule has 0 saturated carbocycles. The number of aliphatic hydroxyl groups is 1. The second kappa shape index (κ2) is 5.87. The van der Waals surface area contributed by atoms with Gasteiger partial charge in [0.15, 0.2) is 0 Å². The van der Waals surface area contributed by atoms with Crippen LogP contribution in [0.15, 0.2) is 12.1 Å². The Kier molecular flexibility index (Phi) is 4.41. The molecule has 0 bridgehead atoms. The van der Waals surface area contributed by atoms with Crippen LogP contribution in [0.4, 0.5) is 4.39 Å². The van der Waals surface area contributed by atoms with E-state index in [2.05, 4.69) is 5.32 Å². The number of nitrogens with one attached hydrogen (secondary N) is 1. The van der Waals surface area contributed by atoms with Gasteiger partial charge in [-0.1, -0.05) is 0 Å². The summed E-state index contributed by atoms with van der Waals surface area (Å²) in [5.74, 6) is -0.0976. The van der Waals surface area contributed by atoms with Gasteiger partial charge in [-0.15, -0.1) is 0 Å². The molecular weight excluding hydrogens is 252 g/mol. The minimum Gasteiger partial charge on any atom is -0.491 e. The first-order valence-electron chi connectivity index (χ1n) is 6.16. The van der Waals surface area contributed by atoms with Crippen LogP contribution in [-0.4, -0.2) is 43.6 Å². The van der Waals surface area contributed by atoms with Gasteiger partial charge in [0.2, 0.25) is 0 Å². The lowest BCUT2D eigenvalue weighted by molar-refractivity contribution is 0.123. The number of halogens is 1. The van der Waals surface area contributed by atoms with E-state index in [0.29, 0.717) is 23.3 Å². The van der Waals surface area contributed by atoms with Crippen molar-refractivity contribution in [1.29, 1.82) is 0 Å². The van der Waals surface area contributed by atoms with Gasteiger partial charge in [0.05, 0.1) is 12.2 Å². The fraction of sp³-hybridized carbons (Fsp3) is 0.500. The molecule has 1 aliphatic heterocycles. The lowest BCUT2D eigenvalue weighted by Gasteiger charge is -2.14. The molecule has 1 aromatic rings. The molecule has 2 rings (SSSR count). The highest BCUT2D eigenvalue weighted by Crippen LogP contribution is 2.29. The molecule has 19 heavy (non-hydrogen) atoms. The van der Waals surface area contributed by atoms with Crippen molar-refractivity contribution < 1.29 is 23.9 Å². The van der Waals surface area contributed by atoms with Crippen molar-refractivity contribution in [2.24, 2.45) is 0 Å². The molecule has 7 heteroatoms. The first-order chi connectivity index (χ1) is 9.04. The van der Waals surface area contributed by atoms with Crippen LogP contribution in [-0.2, 0) is 4.65 Å². The van der Waals surface area contributed by atoms with Crippen LogP contribution >= 0.6 is 0 Å². The molecular formula is C12H17BFNO4. The average molecular weight is 269 g/mol. The molecule has 1 aromatic carbocycles. The lowest BCUT2D eigenvalue weighted by atomic mass is 9.78. The van der Waals surface area contributed by atoms with Crippen LogP contribution in [0.1, 0.15) is 18.6 Å². The quantitative estimate of drug-likeness (QED) is 0.632. The molecule has 104 valence electrons. The monoisotopic (exact) mass is 269 g/mol. The predicted molar refractivity (Wildman–Crippen MR) is 68.9 cm³/mol. The Morgan fingerprint density at radius 1 is 1.58 bits per heavy atom. The third kappa shape index (κ3) is 2.89. The molecule has 0 radical (unpaired) electrons. The van der Waals surface area contributed by atoms with Crippen LogP contribution in [0, 0.1) is 5.82 Å². The Balaban J connectivity index is 2.33. The maximum absolute atomic E-state index is 13.9. The number of fused-ring (bicyclic) bond motifs is 1. The number of ether oxygens (including phenoxy) is 1. The van der Waals surface area contributed by atoms with Crippen molar-refractivity contribution in [1.82, 2.24) is 5.32 Å². The van der Waals surface area contributed by atoms with Crippen molar-refractivity contribution in [3.05, 3.63) is 23.5 Å². The van der Waals surface area contributed by atoms with E-state index in [9.17, 15) is 14.5 Å². The summed E-state index contributed by atoms with van der Waals surface area (Å²) < 4.78 is 24.6. The van der Waals surface area contributed by atoms with E-state index in [1.165, 1.54) is 12.1 Å². The van der Waals surface area contributed by atoms with Crippen molar-refractivity contribution in [3.8, 4) is 5.75 Å². The van der Waals surface area contributed by atoms with Gasteiger partial charge in [-0.25, -0.2) is 4.39 Å². The second-order valence-corrected chi connectivity index (χ2v) is 4.57. The normalized spacial score (nSPS) is 19.4. The number of rotatable bonds is 5. The minimum atomic E-state index is -1.21. The number of hydrogen-bond donors (Lipinski definition) is 3. The first kappa shape index (κ1) is 14.3. The molecule has 2 unspecified atom stereocenters. The topological polar surface area (TPSA) is 71.0 Å². The molecule has 0 amide bonds. The summed E-state index contributed by atoms with van der Waals surface area (Å²) in [4.78, 5) is 0. The van der Waals surface area contributed by atoms with E-state index in [1.807, 2.05) is 0 Å². The van der Waals surface area contributed by atoms with Crippen LogP contribution < -0.4 is 15.5 Å². The average Bonchev–Trinajstić information content (AvgIpc) is 2.67. The summed E-state index contributed by atoms with van der Waals surface area (Å²) in [5, 5.41) is 22.0. The summed E-state index contributed by atoms with van der Waals surface area (Å²) in [6.07, 6.45) is -1.20. The van der Waals surface area contributed by atoms with Crippen LogP contribution in [0.2, 0.25) is 0 Å². The second-order valence-electron chi connectivity index (χ2n) is 4.57. The summed E-state index contributed by atoms with van der Waals surface area (Å²) >= 11 is 0. The van der Waals surface area contributed by atoms with Crippen molar-refractivity contribution in [3.63, 3.8) is 0 Å². The van der Waals surface area contributed by atoms with E-state index in [0.717, 1.165) is 0 Å². The predicted octanol–water partition coefficient (Wildman–Crippen LogP) is -0.436. The maximum atomic E-state index is 13.9. The standard InChI is InChI=1S/C12H17BFNO4/c1-7(16)6-18-9-4-3-8(14)11-10(5-15-2)19-13(17)12(9)11/h3-4,7,10,15-17H,5-6H2,1-2H3. The summed E-state index contributed by atoms with van der Waals surface area (Å²) in [7, 11) is 0.507. The Morgan fingerprint density at radius 2 is 2.32 bits per heavy atom. The molecule has 0 aliphatic carbocycles. The van der Waals surface area contributed by atoms with E-state index in [1.54, 1.807) is 14.0 Å². The zero-order valence-electron chi connectivity index (χ0n) is 10.9. The Bertz CT molecular complexity index is 458. The first-order valence-corrected chi connectivity index (χ1v) is 6.16. The van der Waals surface area contributed by atoms with Gasteiger partial charge in [0.25, 0.3) is 0 Å². The molecule has 0 spiro atoms. The molecule has 2 atom stereocenters. The third-order valence-electron chi connectivity index (χ3n) is 2.93. The van der Waals surface area contributed by atoms with Gasteiger partial charge in [-0.2, -0.15) is 0 Å². The zero-order chi connectivity index (χ0) is 14.0. The van der Waals surface area contributed by atoms with Crippen molar-refractivity contribution >= 4 is 12.6 Å². The van der Waals surface area contributed by atoms with Gasteiger partial charge in [0, 0.05) is 17.6 Å². The van der Waals surface area contributed by atoms with E-state index in [4.69, 9.17) is 9.39 Å². The fourth-order valence-corrected chi connectivity index (χ4v) is 2.14. The SMILES string of the molecule is CNCC1OB(O)c2c(OCC(C)O)ccc(F)c21. The fourth-order valence-electron chi connectivity index (χ4n) is 2.14. The largest absolute Gasteiger partial charge is 0.495 e. The zero-order valence-corrected chi connectivity index (χ0v) is 10.9.